The fourth-order valence-corrected chi connectivity index (χ4v) is 4.88. The Labute approximate surface area is 204 Å². The Balaban J connectivity index is 1.66. The number of nitrogens with two attached hydrogens (primary N) is 1. The van der Waals surface area contributed by atoms with Gasteiger partial charge in [-0.05, 0) is 49.7 Å². The Hall–Kier alpha value is -3.41. The molecule has 0 atom stereocenters. The lowest BCUT2D eigenvalue weighted by molar-refractivity contribution is 0.0718. The maximum Gasteiger partial charge on any atom is 0.256 e. The van der Waals surface area contributed by atoms with Crippen molar-refractivity contribution < 1.29 is 28.2 Å². The summed E-state index contributed by atoms with van der Waals surface area (Å²) in [5, 5.41) is 13.3. The van der Waals surface area contributed by atoms with E-state index in [-0.39, 0.29) is 32.5 Å². The number of nitrogens with zero attached hydrogens (tertiary/aromatic N) is 2. The highest BCUT2D eigenvalue weighted by molar-refractivity contribution is 7.20. The van der Waals surface area contributed by atoms with Crippen LogP contribution in [0.15, 0.2) is 30.3 Å². The third-order valence-corrected chi connectivity index (χ3v) is 6.70. The summed E-state index contributed by atoms with van der Waals surface area (Å²) < 4.78 is 34.8. The van der Waals surface area contributed by atoms with E-state index < -0.39 is 23.1 Å². The highest BCUT2D eigenvalue weighted by Crippen LogP contribution is 2.40. The van der Waals surface area contributed by atoms with E-state index in [1.165, 1.54) is 19.9 Å². The van der Waals surface area contributed by atoms with Crippen LogP contribution in [0.3, 0.4) is 0 Å². The zero-order chi connectivity index (χ0) is 25.5. The standard InChI is InChI=1S/C24H24F2N4O4S/c1-24(2,33)12-8-15(25)20(16(26)9-12)18-10-14(21(27)31)22(35-18)29-19-5-4-13-17(28-19)11-30(23(13)32)6-7-34-3/h4-5,8-10,33H,6-7,11H2,1-3H3,(H2,27,31)(H,28,29). The average Bonchev–Trinajstić information content (AvgIpc) is 3.32. The Kier molecular flexibility index (Phi) is 6.58. The number of nitrogens with one attached hydrogen (secondary N) is 1. The van der Waals surface area contributed by atoms with Gasteiger partial charge in [0.15, 0.2) is 0 Å². The van der Waals surface area contributed by atoms with E-state index in [1.807, 2.05) is 0 Å². The van der Waals surface area contributed by atoms with Gasteiger partial charge in [0.05, 0.1) is 41.1 Å². The van der Waals surface area contributed by atoms with Crippen molar-refractivity contribution in [3.8, 4) is 10.4 Å². The summed E-state index contributed by atoms with van der Waals surface area (Å²) in [5.74, 6) is -2.34. The number of thiophene rings is 1. The highest BCUT2D eigenvalue weighted by atomic mass is 32.1. The van der Waals surface area contributed by atoms with Crippen LogP contribution in [0.1, 0.15) is 45.8 Å². The van der Waals surface area contributed by atoms with Crippen molar-refractivity contribution in [3.63, 3.8) is 0 Å². The van der Waals surface area contributed by atoms with Crippen LogP contribution in [0.25, 0.3) is 10.4 Å². The summed E-state index contributed by atoms with van der Waals surface area (Å²) in [5.41, 5.74) is 4.91. The van der Waals surface area contributed by atoms with Crippen molar-refractivity contribution in [1.82, 2.24) is 9.88 Å². The number of anilines is 2. The molecule has 2 aromatic heterocycles. The molecule has 0 saturated heterocycles. The molecule has 0 spiro atoms. The monoisotopic (exact) mass is 502 g/mol. The fourth-order valence-electron chi connectivity index (χ4n) is 3.76. The minimum absolute atomic E-state index is 0.0375. The number of methoxy groups -OCH3 is 1. The summed E-state index contributed by atoms with van der Waals surface area (Å²) in [6.07, 6.45) is 0. The van der Waals surface area contributed by atoms with Crippen LogP contribution < -0.4 is 11.1 Å². The second kappa shape index (κ2) is 9.33. The topological polar surface area (TPSA) is 118 Å². The molecule has 0 aliphatic carbocycles. The van der Waals surface area contributed by atoms with Gasteiger partial charge in [-0.3, -0.25) is 9.59 Å². The Morgan fingerprint density at radius 1 is 1.29 bits per heavy atom. The number of hydrogen-bond donors (Lipinski definition) is 3. The smallest absolute Gasteiger partial charge is 0.256 e. The molecule has 3 heterocycles. The van der Waals surface area contributed by atoms with Gasteiger partial charge in [0.1, 0.15) is 22.5 Å². The molecule has 35 heavy (non-hydrogen) atoms. The summed E-state index contributed by atoms with van der Waals surface area (Å²) in [6.45, 7) is 3.99. The quantitative estimate of drug-likeness (QED) is 0.432. The van der Waals surface area contributed by atoms with E-state index >= 15 is 0 Å². The second-order valence-electron chi connectivity index (χ2n) is 8.63. The van der Waals surface area contributed by atoms with Crippen LogP contribution in [0.4, 0.5) is 19.6 Å². The maximum atomic E-state index is 14.9. The lowest BCUT2D eigenvalue weighted by Crippen LogP contribution is -2.27. The van der Waals surface area contributed by atoms with Crippen molar-refractivity contribution >= 4 is 34.0 Å². The summed E-state index contributed by atoms with van der Waals surface area (Å²) in [6, 6.07) is 6.64. The molecule has 0 unspecified atom stereocenters. The Morgan fingerprint density at radius 3 is 2.57 bits per heavy atom. The first kappa shape index (κ1) is 24.7. The molecule has 0 fully saturated rings. The molecule has 1 aliphatic rings. The molecule has 1 aliphatic heterocycles. The number of halogens is 2. The molecule has 0 saturated carbocycles. The molecule has 4 N–H and O–H groups in total. The molecule has 0 radical (unpaired) electrons. The number of amides is 2. The first-order valence-corrected chi connectivity index (χ1v) is 11.5. The largest absolute Gasteiger partial charge is 0.386 e. The van der Waals surface area contributed by atoms with Crippen molar-refractivity contribution in [3.05, 3.63) is 64.4 Å². The van der Waals surface area contributed by atoms with Crippen LogP contribution in [0.2, 0.25) is 0 Å². The van der Waals surface area contributed by atoms with Crippen LogP contribution >= 0.6 is 11.3 Å². The number of pyridine rings is 1. The minimum atomic E-state index is -1.43. The molecule has 1 aromatic carbocycles. The van der Waals surface area contributed by atoms with E-state index in [9.17, 15) is 23.5 Å². The second-order valence-corrected chi connectivity index (χ2v) is 9.68. The molecular formula is C24H24F2N4O4S. The normalized spacial score (nSPS) is 13.3. The van der Waals surface area contributed by atoms with Crippen molar-refractivity contribution in [1.29, 1.82) is 0 Å². The third kappa shape index (κ3) is 4.88. The highest BCUT2D eigenvalue weighted by Gasteiger charge is 2.29. The summed E-state index contributed by atoms with van der Waals surface area (Å²) in [4.78, 5) is 30.8. The Bertz CT molecular complexity index is 1300. The number of carbonyl (C=O) groups is 2. The predicted molar refractivity (Wildman–Crippen MR) is 128 cm³/mol. The molecule has 8 nitrogen and oxygen atoms in total. The van der Waals surface area contributed by atoms with Gasteiger partial charge in [-0.2, -0.15) is 0 Å². The SMILES string of the molecule is COCCN1Cc2nc(Nc3sc(-c4c(F)cc(C(C)(C)O)cc4F)cc3C(N)=O)ccc2C1=O. The third-order valence-electron chi connectivity index (χ3n) is 5.63. The van der Waals surface area contributed by atoms with E-state index in [1.54, 1.807) is 24.1 Å². The maximum absolute atomic E-state index is 14.9. The molecule has 184 valence electrons. The molecular weight excluding hydrogens is 478 g/mol. The zero-order valence-corrected chi connectivity index (χ0v) is 20.1. The van der Waals surface area contributed by atoms with Gasteiger partial charge in [-0.1, -0.05) is 0 Å². The lowest BCUT2D eigenvalue weighted by atomic mass is 9.96. The number of aliphatic hydroxyl groups is 1. The van der Waals surface area contributed by atoms with Gasteiger partial charge in [-0.25, -0.2) is 13.8 Å². The number of ether oxygens (including phenoxy) is 1. The van der Waals surface area contributed by atoms with Crippen molar-refractivity contribution in [2.45, 2.75) is 26.0 Å². The number of primary amides is 1. The zero-order valence-electron chi connectivity index (χ0n) is 19.3. The molecule has 0 bridgehead atoms. The van der Waals surface area contributed by atoms with Crippen LogP contribution in [-0.4, -0.2) is 47.1 Å². The number of carbonyl (C=O) groups excluding carboxylic acids is 2. The van der Waals surface area contributed by atoms with Gasteiger partial charge in [0.25, 0.3) is 11.8 Å². The number of fused-ring (bicyclic) bond motifs is 1. The van der Waals surface area contributed by atoms with E-state index in [2.05, 4.69) is 10.3 Å². The Morgan fingerprint density at radius 2 is 1.97 bits per heavy atom. The van der Waals surface area contributed by atoms with Gasteiger partial charge >= 0.3 is 0 Å². The van der Waals surface area contributed by atoms with Crippen LogP contribution in [0, 0.1) is 11.6 Å². The van der Waals surface area contributed by atoms with E-state index in [0.29, 0.717) is 36.8 Å². The van der Waals surface area contributed by atoms with Gasteiger partial charge < -0.3 is 25.8 Å². The predicted octanol–water partition coefficient (Wildman–Crippen LogP) is 3.76. The number of aromatic nitrogens is 1. The van der Waals surface area contributed by atoms with E-state index in [4.69, 9.17) is 10.5 Å². The van der Waals surface area contributed by atoms with Gasteiger partial charge in [0, 0.05) is 18.5 Å². The van der Waals surface area contributed by atoms with Gasteiger partial charge in [-0.15, -0.1) is 11.3 Å². The van der Waals surface area contributed by atoms with E-state index in [0.717, 1.165) is 23.5 Å². The first-order valence-electron chi connectivity index (χ1n) is 10.7. The lowest BCUT2D eigenvalue weighted by Gasteiger charge is -2.18. The minimum Gasteiger partial charge on any atom is -0.386 e. The number of benzene rings is 1. The fraction of sp³-hybridized carbons (Fsp3) is 0.292. The number of hydrogen-bond acceptors (Lipinski definition) is 7. The molecule has 11 heteroatoms. The molecule has 4 rings (SSSR count). The van der Waals surface area contributed by atoms with Crippen molar-refractivity contribution in [2.24, 2.45) is 5.73 Å². The summed E-state index contributed by atoms with van der Waals surface area (Å²) in [7, 11) is 1.55. The molecule has 3 aromatic rings. The van der Waals surface area contributed by atoms with Crippen LogP contribution in [-0.2, 0) is 16.9 Å². The summed E-state index contributed by atoms with van der Waals surface area (Å²) >= 11 is 0.935. The first-order chi connectivity index (χ1) is 16.5. The number of rotatable bonds is 8. The average molecular weight is 503 g/mol. The van der Waals surface area contributed by atoms with Crippen molar-refractivity contribution in [2.75, 3.05) is 25.6 Å². The van der Waals surface area contributed by atoms with Crippen LogP contribution in [0.5, 0.6) is 0 Å². The van der Waals surface area contributed by atoms with Gasteiger partial charge in [0.2, 0.25) is 0 Å². The molecule has 2 amide bonds.